The number of hydrogen-bond donors (Lipinski definition) is 2. The Morgan fingerprint density at radius 1 is 1.14 bits per heavy atom. The molecule has 4 rings (SSSR count). The Labute approximate surface area is 130 Å². The zero-order chi connectivity index (χ0) is 15.3. The molecule has 5 heteroatoms. The summed E-state index contributed by atoms with van der Waals surface area (Å²) in [6.45, 7) is 1.99. The van der Waals surface area contributed by atoms with E-state index in [0.717, 1.165) is 26.6 Å². The summed E-state index contributed by atoms with van der Waals surface area (Å²) >= 11 is 1.30. The number of aromatic hydroxyl groups is 1. The lowest BCUT2D eigenvalue weighted by Gasteiger charge is -1.98. The van der Waals surface area contributed by atoms with Crippen LogP contribution in [0.25, 0.3) is 32.2 Å². The van der Waals surface area contributed by atoms with E-state index in [4.69, 9.17) is 0 Å². The van der Waals surface area contributed by atoms with Crippen molar-refractivity contribution in [3.63, 3.8) is 0 Å². The maximum Gasteiger partial charge on any atom is 0.181 e. The minimum atomic E-state index is 0.189. The minimum absolute atomic E-state index is 0.189. The molecule has 4 aromatic rings. The summed E-state index contributed by atoms with van der Waals surface area (Å²) in [5.41, 5.74) is 3.50. The number of hydrogen-bond acceptors (Lipinski definition) is 4. The van der Waals surface area contributed by atoms with E-state index in [-0.39, 0.29) is 5.06 Å². The second-order valence-electron chi connectivity index (χ2n) is 5.27. The van der Waals surface area contributed by atoms with Crippen molar-refractivity contribution in [2.24, 2.45) is 5.18 Å². The van der Waals surface area contributed by atoms with Crippen LogP contribution in [0.5, 0.6) is 5.06 Å². The largest absolute Gasteiger partial charge is 0.499 e. The fraction of sp³-hybridized carbons (Fsp3) is 0.0588. The predicted molar refractivity (Wildman–Crippen MR) is 91.0 cm³/mol. The lowest BCUT2D eigenvalue weighted by atomic mass is 10.1. The topological polar surface area (TPSA) is 65.4 Å². The van der Waals surface area contributed by atoms with E-state index in [0.29, 0.717) is 16.9 Å². The lowest BCUT2D eigenvalue weighted by Crippen LogP contribution is -1.76. The molecule has 0 saturated heterocycles. The monoisotopic (exact) mass is 308 g/mol. The Balaban J connectivity index is 2.12. The number of thiophene rings is 1. The van der Waals surface area contributed by atoms with Gasteiger partial charge in [0, 0.05) is 21.0 Å². The summed E-state index contributed by atoms with van der Waals surface area (Å²) in [5, 5.41) is 15.4. The van der Waals surface area contributed by atoms with E-state index in [9.17, 15) is 10.0 Å². The highest BCUT2D eigenvalue weighted by Gasteiger charge is 2.21. The fourth-order valence-corrected chi connectivity index (χ4v) is 3.80. The van der Waals surface area contributed by atoms with Gasteiger partial charge in [0.1, 0.15) is 5.69 Å². The van der Waals surface area contributed by atoms with E-state index in [1.54, 1.807) is 0 Å². The normalized spacial score (nSPS) is 11.3. The van der Waals surface area contributed by atoms with Crippen molar-refractivity contribution < 1.29 is 5.11 Å². The molecule has 0 atom stereocenters. The van der Waals surface area contributed by atoms with Crippen LogP contribution in [0, 0.1) is 11.8 Å². The number of aromatic amines is 1. The van der Waals surface area contributed by atoms with Crippen molar-refractivity contribution in [2.75, 3.05) is 0 Å². The number of aryl methyl sites for hydroxylation is 1. The zero-order valence-electron chi connectivity index (χ0n) is 11.8. The third-order valence-electron chi connectivity index (χ3n) is 3.84. The Morgan fingerprint density at radius 2 is 1.95 bits per heavy atom. The standard InChI is InChI=1S/C17H12N2O2S/c1-9-6-7-10-12(8-9)18-16(15(10)19-21)14-11-4-2-3-5-13(11)22-17(14)20/h2-8,18,20H,1H3. The first-order valence-electron chi connectivity index (χ1n) is 6.85. The summed E-state index contributed by atoms with van der Waals surface area (Å²) in [7, 11) is 0. The van der Waals surface area contributed by atoms with Crippen LogP contribution < -0.4 is 0 Å². The maximum absolute atomic E-state index is 11.4. The summed E-state index contributed by atoms with van der Waals surface area (Å²) in [6, 6.07) is 13.5. The van der Waals surface area contributed by atoms with Crippen molar-refractivity contribution >= 4 is 38.0 Å². The molecule has 0 fully saturated rings. The lowest BCUT2D eigenvalue weighted by molar-refractivity contribution is 0.493. The van der Waals surface area contributed by atoms with Crippen LogP contribution >= 0.6 is 11.3 Å². The minimum Gasteiger partial charge on any atom is -0.499 e. The molecule has 2 heterocycles. The first-order valence-corrected chi connectivity index (χ1v) is 7.67. The summed E-state index contributed by atoms with van der Waals surface area (Å²) in [5.74, 6) is 0. The first kappa shape index (κ1) is 13.0. The first-order chi connectivity index (χ1) is 10.7. The van der Waals surface area contributed by atoms with Crippen LogP contribution in [0.15, 0.2) is 47.6 Å². The van der Waals surface area contributed by atoms with E-state index in [1.807, 2.05) is 49.4 Å². The van der Waals surface area contributed by atoms with Crippen LogP contribution in [0.3, 0.4) is 0 Å². The number of aromatic nitrogens is 1. The predicted octanol–water partition coefficient (Wildman–Crippen LogP) is 5.46. The molecule has 2 aromatic heterocycles. The Hall–Kier alpha value is -2.66. The third kappa shape index (κ3) is 1.76. The Morgan fingerprint density at radius 3 is 2.77 bits per heavy atom. The zero-order valence-corrected chi connectivity index (χ0v) is 12.6. The van der Waals surface area contributed by atoms with Gasteiger partial charge in [-0.05, 0) is 29.8 Å². The highest BCUT2D eigenvalue weighted by Crippen LogP contribution is 2.48. The highest BCUT2D eigenvalue weighted by atomic mass is 32.1. The van der Waals surface area contributed by atoms with Gasteiger partial charge in [-0.25, -0.2) is 0 Å². The summed E-state index contributed by atoms with van der Waals surface area (Å²) < 4.78 is 0.974. The van der Waals surface area contributed by atoms with Crippen molar-refractivity contribution in [3.05, 3.63) is 52.9 Å². The van der Waals surface area contributed by atoms with Crippen LogP contribution in [-0.2, 0) is 0 Å². The van der Waals surface area contributed by atoms with Gasteiger partial charge in [-0.1, -0.05) is 41.7 Å². The van der Waals surface area contributed by atoms with Gasteiger partial charge in [0.2, 0.25) is 0 Å². The Kier molecular flexibility index (Phi) is 2.77. The van der Waals surface area contributed by atoms with Gasteiger partial charge >= 0.3 is 0 Å². The van der Waals surface area contributed by atoms with E-state index in [2.05, 4.69) is 10.2 Å². The van der Waals surface area contributed by atoms with Gasteiger partial charge < -0.3 is 10.1 Å². The van der Waals surface area contributed by atoms with Crippen LogP contribution in [0.4, 0.5) is 5.69 Å². The van der Waals surface area contributed by atoms with Crippen molar-refractivity contribution in [1.29, 1.82) is 0 Å². The second kappa shape index (κ2) is 4.68. The number of fused-ring (bicyclic) bond motifs is 2. The number of H-pyrrole nitrogens is 1. The number of nitrogens with one attached hydrogen (secondary N) is 1. The van der Waals surface area contributed by atoms with Gasteiger partial charge in [-0.15, -0.1) is 4.91 Å². The molecule has 0 radical (unpaired) electrons. The average molecular weight is 308 g/mol. The number of nitrogens with zero attached hydrogens (tertiary/aromatic N) is 1. The molecule has 0 spiro atoms. The molecular weight excluding hydrogens is 296 g/mol. The van der Waals surface area contributed by atoms with Crippen molar-refractivity contribution in [3.8, 4) is 16.3 Å². The van der Waals surface area contributed by atoms with Gasteiger partial charge in [-0.3, -0.25) is 0 Å². The number of benzene rings is 2. The average Bonchev–Trinajstić information content (AvgIpc) is 3.02. The van der Waals surface area contributed by atoms with E-state index >= 15 is 0 Å². The van der Waals surface area contributed by atoms with Gasteiger partial charge in [-0.2, -0.15) is 0 Å². The molecule has 22 heavy (non-hydrogen) atoms. The molecule has 4 nitrogen and oxygen atoms in total. The van der Waals surface area contributed by atoms with Crippen molar-refractivity contribution in [1.82, 2.24) is 4.98 Å². The maximum atomic E-state index is 11.4. The number of nitroso groups, excluding NO2 is 1. The van der Waals surface area contributed by atoms with Gasteiger partial charge in [0.15, 0.2) is 5.06 Å². The van der Waals surface area contributed by atoms with Gasteiger partial charge in [0.05, 0.1) is 11.3 Å². The molecular formula is C17H12N2O2S. The SMILES string of the molecule is Cc1ccc2c(N=O)c(-c3c(O)sc4ccccc34)[nH]c2c1. The summed E-state index contributed by atoms with van der Waals surface area (Å²) in [6.07, 6.45) is 0. The third-order valence-corrected chi connectivity index (χ3v) is 4.82. The molecule has 0 saturated carbocycles. The molecule has 2 N–H and O–H groups in total. The van der Waals surface area contributed by atoms with E-state index in [1.165, 1.54) is 11.3 Å². The highest BCUT2D eigenvalue weighted by molar-refractivity contribution is 7.21. The summed E-state index contributed by atoms with van der Waals surface area (Å²) in [4.78, 5) is 14.6. The number of rotatable bonds is 2. The smallest absolute Gasteiger partial charge is 0.181 e. The molecule has 108 valence electrons. The molecule has 2 aromatic carbocycles. The second-order valence-corrected chi connectivity index (χ2v) is 6.30. The fourth-order valence-electron chi connectivity index (χ4n) is 2.85. The van der Waals surface area contributed by atoms with Gasteiger partial charge in [0.25, 0.3) is 0 Å². The quantitative estimate of drug-likeness (QED) is 0.483. The van der Waals surface area contributed by atoms with Crippen LogP contribution in [0.1, 0.15) is 5.56 Å². The molecule has 0 aliphatic rings. The van der Waals surface area contributed by atoms with E-state index < -0.39 is 0 Å². The molecule has 0 aliphatic carbocycles. The van der Waals surface area contributed by atoms with Crippen molar-refractivity contribution in [2.45, 2.75) is 6.92 Å². The molecule has 0 unspecified atom stereocenters. The van der Waals surface area contributed by atoms with Crippen LogP contribution in [0.2, 0.25) is 0 Å². The molecule has 0 amide bonds. The van der Waals surface area contributed by atoms with Crippen LogP contribution in [-0.4, -0.2) is 10.1 Å². The molecule has 0 bridgehead atoms. The molecule has 0 aliphatic heterocycles. The Bertz CT molecular complexity index is 1030.